The minimum atomic E-state index is 0. The molecule has 2 aliphatic rings. The van der Waals surface area contributed by atoms with Crippen molar-refractivity contribution in [2.75, 3.05) is 26.2 Å². The Morgan fingerprint density at radius 2 is 1.57 bits per heavy atom. The standard InChI is InChI=1S/C26H27N3.ClH/c1-2-5-21-18-24(9-8-20(21)4-1)29-13-12-25-22(6-3-7-26(25)29)19-27-14-16-28(17-15-27)23-10-11-23;/h1-9,12-13,18,23H,10-11,14-17,19H2;1H. The zero-order chi connectivity index (χ0) is 19.2. The summed E-state index contributed by atoms with van der Waals surface area (Å²) < 4.78 is 2.33. The van der Waals surface area contributed by atoms with Crippen molar-refractivity contribution in [1.82, 2.24) is 14.4 Å². The molecule has 0 atom stereocenters. The van der Waals surface area contributed by atoms with Gasteiger partial charge in [-0.15, -0.1) is 12.4 Å². The van der Waals surface area contributed by atoms with Crippen LogP contribution in [0.25, 0.3) is 27.4 Å². The highest BCUT2D eigenvalue weighted by atomic mass is 35.5. The van der Waals surface area contributed by atoms with Gasteiger partial charge in [0.25, 0.3) is 0 Å². The van der Waals surface area contributed by atoms with Crippen LogP contribution in [0.3, 0.4) is 0 Å². The second-order valence-corrected chi connectivity index (χ2v) is 8.61. The molecule has 4 aromatic rings. The Labute approximate surface area is 184 Å². The van der Waals surface area contributed by atoms with Gasteiger partial charge in [-0.1, -0.05) is 42.5 Å². The average molecular weight is 418 g/mol. The van der Waals surface area contributed by atoms with E-state index in [2.05, 4.69) is 87.3 Å². The summed E-state index contributed by atoms with van der Waals surface area (Å²) in [5.41, 5.74) is 3.98. The van der Waals surface area contributed by atoms with Crippen LogP contribution in [0.15, 0.2) is 72.9 Å². The third-order valence-electron chi connectivity index (χ3n) is 6.70. The smallest absolute Gasteiger partial charge is 0.0531 e. The Bertz CT molecular complexity index is 1170. The Hall–Kier alpha value is -2.33. The Morgan fingerprint density at radius 3 is 2.37 bits per heavy atom. The monoisotopic (exact) mass is 417 g/mol. The largest absolute Gasteiger partial charge is 0.317 e. The summed E-state index contributed by atoms with van der Waals surface area (Å²) in [5, 5.41) is 3.96. The molecule has 1 aliphatic carbocycles. The van der Waals surface area contributed by atoms with E-state index in [0.717, 1.165) is 12.6 Å². The van der Waals surface area contributed by atoms with Crippen molar-refractivity contribution in [3.05, 3.63) is 78.5 Å². The van der Waals surface area contributed by atoms with E-state index in [4.69, 9.17) is 0 Å². The first-order valence-electron chi connectivity index (χ1n) is 10.9. The van der Waals surface area contributed by atoms with E-state index in [1.807, 2.05) is 0 Å². The molecule has 30 heavy (non-hydrogen) atoms. The molecule has 0 N–H and O–H groups in total. The number of hydrogen-bond acceptors (Lipinski definition) is 2. The first kappa shape index (κ1) is 19.6. The minimum Gasteiger partial charge on any atom is -0.317 e. The van der Waals surface area contributed by atoms with Gasteiger partial charge in [0.1, 0.15) is 0 Å². The second kappa shape index (κ2) is 8.07. The quantitative estimate of drug-likeness (QED) is 0.435. The summed E-state index contributed by atoms with van der Waals surface area (Å²) in [7, 11) is 0. The van der Waals surface area contributed by atoms with Gasteiger partial charge >= 0.3 is 0 Å². The molecule has 0 amide bonds. The first-order valence-corrected chi connectivity index (χ1v) is 10.9. The van der Waals surface area contributed by atoms with Gasteiger partial charge in [-0.25, -0.2) is 0 Å². The summed E-state index contributed by atoms with van der Waals surface area (Å²) in [6.07, 6.45) is 5.06. The number of nitrogens with zero attached hydrogens (tertiary/aromatic N) is 3. The van der Waals surface area contributed by atoms with Crippen molar-refractivity contribution < 1.29 is 0 Å². The molecule has 2 heterocycles. The third-order valence-corrected chi connectivity index (χ3v) is 6.70. The molecular weight excluding hydrogens is 390 g/mol. The fraction of sp³-hybridized carbons (Fsp3) is 0.308. The van der Waals surface area contributed by atoms with Gasteiger partial charge in [0.15, 0.2) is 0 Å². The summed E-state index contributed by atoms with van der Waals surface area (Å²) in [6.45, 7) is 5.91. The number of benzene rings is 3. The number of hydrogen-bond donors (Lipinski definition) is 0. The van der Waals surface area contributed by atoms with Crippen LogP contribution < -0.4 is 0 Å². The molecule has 0 bridgehead atoms. The van der Waals surface area contributed by atoms with E-state index in [-0.39, 0.29) is 12.4 Å². The fourth-order valence-corrected chi connectivity index (χ4v) is 4.89. The van der Waals surface area contributed by atoms with E-state index in [1.165, 1.54) is 71.9 Å². The molecule has 1 saturated heterocycles. The number of rotatable bonds is 4. The molecule has 0 unspecified atom stereocenters. The number of aromatic nitrogens is 1. The van der Waals surface area contributed by atoms with Gasteiger partial charge in [-0.05, 0) is 53.4 Å². The molecule has 154 valence electrons. The predicted molar refractivity (Wildman–Crippen MR) is 128 cm³/mol. The van der Waals surface area contributed by atoms with Crippen LogP contribution in [0.5, 0.6) is 0 Å². The van der Waals surface area contributed by atoms with Crippen LogP contribution in [-0.4, -0.2) is 46.6 Å². The van der Waals surface area contributed by atoms with Gasteiger partial charge in [-0.2, -0.15) is 0 Å². The van der Waals surface area contributed by atoms with Crippen LogP contribution in [0.4, 0.5) is 0 Å². The molecule has 0 spiro atoms. The van der Waals surface area contributed by atoms with Crippen LogP contribution >= 0.6 is 12.4 Å². The van der Waals surface area contributed by atoms with Crippen LogP contribution in [0, 0.1) is 0 Å². The van der Waals surface area contributed by atoms with Gasteiger partial charge in [0.2, 0.25) is 0 Å². The van der Waals surface area contributed by atoms with E-state index in [9.17, 15) is 0 Å². The third kappa shape index (κ3) is 3.62. The van der Waals surface area contributed by atoms with E-state index in [0.29, 0.717) is 0 Å². The normalized spacial score (nSPS) is 18.0. The van der Waals surface area contributed by atoms with Gasteiger partial charge in [0, 0.05) is 56.0 Å². The van der Waals surface area contributed by atoms with Crippen LogP contribution in [0.2, 0.25) is 0 Å². The van der Waals surface area contributed by atoms with E-state index < -0.39 is 0 Å². The molecule has 2 fully saturated rings. The fourth-order valence-electron chi connectivity index (χ4n) is 4.89. The predicted octanol–water partition coefficient (Wildman–Crippen LogP) is 5.49. The topological polar surface area (TPSA) is 11.4 Å². The number of halogens is 1. The maximum absolute atomic E-state index is 2.69. The molecule has 3 nitrogen and oxygen atoms in total. The highest BCUT2D eigenvalue weighted by Gasteiger charge is 2.31. The summed E-state index contributed by atoms with van der Waals surface area (Å²) in [5.74, 6) is 0. The second-order valence-electron chi connectivity index (χ2n) is 8.61. The van der Waals surface area contributed by atoms with E-state index >= 15 is 0 Å². The SMILES string of the molecule is Cl.c1ccc2cc(-n3ccc4c(CN5CCN(C6CC6)CC5)cccc43)ccc2c1. The van der Waals surface area contributed by atoms with Crippen molar-refractivity contribution in [2.45, 2.75) is 25.4 Å². The lowest BCUT2D eigenvalue weighted by Gasteiger charge is -2.34. The van der Waals surface area contributed by atoms with Crippen LogP contribution in [0.1, 0.15) is 18.4 Å². The van der Waals surface area contributed by atoms with Crippen LogP contribution in [-0.2, 0) is 6.54 Å². The summed E-state index contributed by atoms with van der Waals surface area (Å²) >= 11 is 0. The molecule has 3 aromatic carbocycles. The molecule has 4 heteroatoms. The maximum atomic E-state index is 2.69. The molecular formula is C26H28ClN3. The minimum absolute atomic E-state index is 0. The van der Waals surface area contributed by atoms with Crippen molar-refractivity contribution in [3.8, 4) is 5.69 Å². The lowest BCUT2D eigenvalue weighted by molar-refractivity contribution is 0.122. The van der Waals surface area contributed by atoms with Crippen molar-refractivity contribution >= 4 is 34.1 Å². The number of piperazine rings is 1. The highest BCUT2D eigenvalue weighted by molar-refractivity contribution is 5.88. The van der Waals surface area contributed by atoms with Crippen molar-refractivity contribution in [2.24, 2.45) is 0 Å². The molecule has 6 rings (SSSR count). The first-order chi connectivity index (χ1) is 14.3. The lowest BCUT2D eigenvalue weighted by Crippen LogP contribution is -2.46. The number of fused-ring (bicyclic) bond motifs is 2. The highest BCUT2D eigenvalue weighted by Crippen LogP contribution is 2.29. The lowest BCUT2D eigenvalue weighted by atomic mass is 10.1. The Balaban J connectivity index is 0.00000193. The molecule has 1 saturated carbocycles. The molecule has 1 aliphatic heterocycles. The molecule has 1 aromatic heterocycles. The van der Waals surface area contributed by atoms with Gasteiger partial charge < -0.3 is 4.57 Å². The van der Waals surface area contributed by atoms with Crippen molar-refractivity contribution in [1.29, 1.82) is 0 Å². The summed E-state index contributed by atoms with van der Waals surface area (Å²) in [4.78, 5) is 5.31. The average Bonchev–Trinajstić information content (AvgIpc) is 3.53. The zero-order valence-corrected chi connectivity index (χ0v) is 18.0. The Morgan fingerprint density at radius 1 is 0.767 bits per heavy atom. The van der Waals surface area contributed by atoms with E-state index in [1.54, 1.807) is 0 Å². The molecule has 0 radical (unpaired) electrons. The Kier molecular flexibility index (Phi) is 5.28. The zero-order valence-electron chi connectivity index (χ0n) is 17.2. The maximum Gasteiger partial charge on any atom is 0.0531 e. The van der Waals surface area contributed by atoms with Gasteiger partial charge in [-0.3, -0.25) is 9.80 Å². The van der Waals surface area contributed by atoms with Crippen molar-refractivity contribution in [3.63, 3.8) is 0 Å². The van der Waals surface area contributed by atoms with Gasteiger partial charge in [0.05, 0.1) is 5.52 Å². The summed E-state index contributed by atoms with van der Waals surface area (Å²) in [6, 6.07) is 25.3.